The van der Waals surface area contributed by atoms with Crippen molar-refractivity contribution < 1.29 is 0 Å². The molecular weight excluding hydrogens is 356 g/mol. The lowest BCUT2D eigenvalue weighted by Crippen LogP contribution is -2.38. The highest BCUT2D eigenvalue weighted by Crippen LogP contribution is 2.29. The molecule has 8 heteroatoms. The van der Waals surface area contributed by atoms with Gasteiger partial charge >= 0.3 is 5.69 Å². The summed E-state index contributed by atoms with van der Waals surface area (Å²) in [6, 6.07) is 9.88. The molecule has 0 aliphatic carbocycles. The molecular formula is C20H22N6O2. The number of nitrogens with zero attached hydrogens (tertiary/aromatic N) is 6. The average Bonchev–Trinajstić information content (AvgIpc) is 3.10. The molecule has 0 fully saturated rings. The first-order chi connectivity index (χ1) is 13.4. The van der Waals surface area contributed by atoms with E-state index in [0.717, 1.165) is 15.8 Å². The number of aromatic nitrogens is 4. The van der Waals surface area contributed by atoms with Crippen molar-refractivity contribution in [3.63, 3.8) is 0 Å². The van der Waals surface area contributed by atoms with Crippen LogP contribution in [0.3, 0.4) is 0 Å². The minimum absolute atomic E-state index is 0.125. The van der Waals surface area contributed by atoms with E-state index in [2.05, 4.69) is 10.1 Å². The van der Waals surface area contributed by atoms with Gasteiger partial charge in [0.15, 0.2) is 11.2 Å². The zero-order valence-electron chi connectivity index (χ0n) is 16.3. The molecule has 0 saturated heterocycles. The smallest absolute Gasteiger partial charge is 0.294 e. The first-order valence-corrected chi connectivity index (χ1v) is 9.12. The second-order valence-corrected chi connectivity index (χ2v) is 6.97. The van der Waals surface area contributed by atoms with E-state index in [0.29, 0.717) is 23.7 Å². The molecule has 28 heavy (non-hydrogen) atoms. The third kappa shape index (κ3) is 2.69. The molecule has 0 spiro atoms. The van der Waals surface area contributed by atoms with Crippen molar-refractivity contribution in [2.45, 2.75) is 19.9 Å². The van der Waals surface area contributed by atoms with Crippen LogP contribution in [-0.4, -0.2) is 30.9 Å². The highest BCUT2D eigenvalue weighted by atomic mass is 16.2. The number of benzene rings is 1. The van der Waals surface area contributed by atoms with Gasteiger partial charge in [-0.2, -0.15) is 10.1 Å². The molecule has 3 aromatic rings. The van der Waals surface area contributed by atoms with Crippen LogP contribution < -0.4 is 16.3 Å². The predicted molar refractivity (Wildman–Crippen MR) is 111 cm³/mol. The number of anilines is 1. The molecule has 1 unspecified atom stereocenters. The molecule has 0 radical (unpaired) electrons. The van der Waals surface area contributed by atoms with Crippen molar-refractivity contribution in [3.05, 3.63) is 62.8 Å². The third-order valence-corrected chi connectivity index (χ3v) is 5.16. The third-order valence-electron chi connectivity index (χ3n) is 5.16. The highest BCUT2D eigenvalue weighted by Gasteiger charge is 2.29. The van der Waals surface area contributed by atoms with Gasteiger partial charge in [-0.25, -0.2) is 9.80 Å². The Balaban J connectivity index is 1.83. The lowest BCUT2D eigenvalue weighted by molar-refractivity contribution is 0.647. The van der Waals surface area contributed by atoms with Crippen LogP contribution in [0.4, 0.5) is 5.95 Å². The number of rotatable bonds is 3. The lowest BCUT2D eigenvalue weighted by atomic mass is 10.2. The second-order valence-electron chi connectivity index (χ2n) is 6.97. The first-order valence-electron chi connectivity index (χ1n) is 9.12. The molecule has 0 N–H and O–H groups in total. The molecule has 144 valence electrons. The van der Waals surface area contributed by atoms with Gasteiger partial charge in [0.2, 0.25) is 5.95 Å². The van der Waals surface area contributed by atoms with Crippen molar-refractivity contribution in [1.29, 1.82) is 0 Å². The topological polar surface area (TPSA) is 77.4 Å². The summed E-state index contributed by atoms with van der Waals surface area (Å²) >= 11 is 0. The maximum atomic E-state index is 12.8. The molecule has 8 nitrogen and oxygen atoms in total. The number of fused-ring (bicyclic) bond motifs is 3. The Labute approximate surface area is 161 Å². The predicted octanol–water partition coefficient (Wildman–Crippen LogP) is 1.90. The Bertz CT molecular complexity index is 1230. The van der Waals surface area contributed by atoms with Gasteiger partial charge in [-0.05, 0) is 19.4 Å². The number of aryl methyl sites for hydroxylation is 1. The van der Waals surface area contributed by atoms with E-state index in [9.17, 15) is 9.59 Å². The van der Waals surface area contributed by atoms with Gasteiger partial charge in [0.1, 0.15) is 0 Å². The molecule has 2 aromatic heterocycles. The Morgan fingerprint density at radius 1 is 1.11 bits per heavy atom. The number of imidazole rings is 1. The fourth-order valence-electron chi connectivity index (χ4n) is 3.43. The van der Waals surface area contributed by atoms with Crippen LogP contribution in [0.15, 0.2) is 51.1 Å². The fraction of sp³-hybridized carbons (Fsp3) is 0.300. The van der Waals surface area contributed by atoms with Crippen LogP contribution in [0, 0.1) is 0 Å². The minimum atomic E-state index is -0.395. The number of hydrogen-bond acceptors (Lipinski definition) is 5. The van der Waals surface area contributed by atoms with Gasteiger partial charge in [0, 0.05) is 14.1 Å². The maximum Gasteiger partial charge on any atom is 0.332 e. The van der Waals surface area contributed by atoms with Crippen LogP contribution in [0.25, 0.3) is 17.2 Å². The quantitative estimate of drug-likeness (QED) is 0.697. The van der Waals surface area contributed by atoms with Gasteiger partial charge in [-0.3, -0.25) is 18.5 Å². The normalized spacial score (nSPS) is 16.6. The summed E-state index contributed by atoms with van der Waals surface area (Å²) in [5, 5.41) is 6.42. The minimum Gasteiger partial charge on any atom is -0.294 e. The average molecular weight is 378 g/mol. The summed E-state index contributed by atoms with van der Waals surface area (Å²) in [6.45, 7) is 4.40. The summed E-state index contributed by atoms with van der Waals surface area (Å²) in [7, 11) is 3.11. The van der Waals surface area contributed by atoms with Gasteiger partial charge in [-0.1, -0.05) is 42.5 Å². The summed E-state index contributed by atoms with van der Waals surface area (Å²) in [6.07, 6.45) is 4.02. The van der Waals surface area contributed by atoms with Crippen LogP contribution in [0.1, 0.15) is 25.5 Å². The van der Waals surface area contributed by atoms with Crippen LogP contribution in [0.2, 0.25) is 0 Å². The van der Waals surface area contributed by atoms with Crippen molar-refractivity contribution >= 4 is 28.9 Å². The highest BCUT2D eigenvalue weighted by molar-refractivity contribution is 5.91. The Kier molecular flexibility index (Phi) is 4.26. The van der Waals surface area contributed by atoms with E-state index in [4.69, 9.17) is 0 Å². The van der Waals surface area contributed by atoms with E-state index in [1.807, 2.05) is 60.9 Å². The second kappa shape index (κ2) is 6.63. The van der Waals surface area contributed by atoms with E-state index >= 15 is 0 Å². The molecule has 0 bridgehead atoms. The monoisotopic (exact) mass is 378 g/mol. The summed E-state index contributed by atoms with van der Waals surface area (Å²) in [5.41, 5.74) is 2.01. The van der Waals surface area contributed by atoms with Crippen LogP contribution >= 0.6 is 0 Å². The first kappa shape index (κ1) is 18.0. The zero-order valence-corrected chi connectivity index (χ0v) is 16.3. The molecule has 4 rings (SSSR count). The molecule has 1 aliphatic heterocycles. The summed E-state index contributed by atoms with van der Waals surface area (Å²) < 4.78 is 4.39. The van der Waals surface area contributed by atoms with E-state index < -0.39 is 5.69 Å². The van der Waals surface area contributed by atoms with E-state index in [1.54, 1.807) is 12.1 Å². The molecule has 0 amide bonds. The summed E-state index contributed by atoms with van der Waals surface area (Å²) in [5.74, 6) is 0.559. The van der Waals surface area contributed by atoms with Crippen molar-refractivity contribution in [1.82, 2.24) is 18.7 Å². The molecule has 1 aliphatic rings. The Hall–Kier alpha value is -3.42. The largest absolute Gasteiger partial charge is 0.332 e. The van der Waals surface area contributed by atoms with Crippen molar-refractivity contribution in [2.75, 3.05) is 11.6 Å². The maximum absolute atomic E-state index is 12.8. The SMILES string of the molecule is CC1=NN(CC=Cc2ccccc2)c2nc3c(c(=O)n(C)c(=O)n3C)n2C1C. The lowest BCUT2D eigenvalue weighted by Gasteiger charge is -2.28. The molecule has 3 heterocycles. The van der Waals surface area contributed by atoms with Gasteiger partial charge < -0.3 is 0 Å². The number of hydrazone groups is 1. The molecule has 1 aromatic carbocycles. The fourth-order valence-corrected chi connectivity index (χ4v) is 3.43. The van der Waals surface area contributed by atoms with Crippen LogP contribution in [-0.2, 0) is 14.1 Å². The molecule has 1 atom stereocenters. The number of hydrogen-bond donors (Lipinski definition) is 0. The van der Waals surface area contributed by atoms with Crippen LogP contribution in [0.5, 0.6) is 0 Å². The van der Waals surface area contributed by atoms with E-state index in [-0.39, 0.29) is 11.6 Å². The standard InChI is InChI=1S/C20H22N6O2/c1-13-14(2)26-16-17(23(3)20(28)24(4)18(16)27)21-19(26)25(22-13)12-8-11-15-9-6-5-7-10-15/h5-11,14H,12H2,1-4H3. The summed E-state index contributed by atoms with van der Waals surface area (Å²) in [4.78, 5) is 29.7. The van der Waals surface area contributed by atoms with Gasteiger partial charge in [0.25, 0.3) is 5.56 Å². The van der Waals surface area contributed by atoms with Crippen molar-refractivity contribution in [2.24, 2.45) is 19.2 Å². The zero-order chi connectivity index (χ0) is 20.0. The van der Waals surface area contributed by atoms with E-state index in [1.165, 1.54) is 11.6 Å². The van der Waals surface area contributed by atoms with Crippen molar-refractivity contribution in [3.8, 4) is 0 Å². The Morgan fingerprint density at radius 3 is 2.54 bits per heavy atom. The van der Waals surface area contributed by atoms with Gasteiger partial charge in [0.05, 0.1) is 18.3 Å². The molecule has 0 saturated carbocycles. The van der Waals surface area contributed by atoms with Gasteiger partial charge in [-0.15, -0.1) is 0 Å². The Morgan fingerprint density at radius 2 is 1.82 bits per heavy atom.